The molecule has 14 heteroatoms. The maximum absolute atomic E-state index is 12.6. The quantitative estimate of drug-likeness (QED) is 0.0489. The topological polar surface area (TPSA) is 170 Å². The summed E-state index contributed by atoms with van der Waals surface area (Å²) >= 11 is 0. The van der Waals surface area contributed by atoms with Gasteiger partial charge in [-0.1, -0.05) is 55.5 Å². The highest BCUT2D eigenvalue weighted by Gasteiger charge is 2.10. The van der Waals surface area contributed by atoms with Crippen LogP contribution in [0.15, 0.2) is 84.9 Å². The lowest BCUT2D eigenvalue weighted by molar-refractivity contribution is 0.0485. The van der Waals surface area contributed by atoms with Crippen LogP contribution in [-0.4, -0.2) is 106 Å². The van der Waals surface area contributed by atoms with Gasteiger partial charge in [0.15, 0.2) is 0 Å². The summed E-state index contributed by atoms with van der Waals surface area (Å²) in [6.07, 6.45) is 3.96. The van der Waals surface area contributed by atoms with E-state index in [0.717, 1.165) is 38.0 Å². The summed E-state index contributed by atoms with van der Waals surface area (Å²) in [4.78, 5) is 38.4. The summed E-state index contributed by atoms with van der Waals surface area (Å²) in [5.74, 6) is 0.880. The van der Waals surface area contributed by atoms with Crippen LogP contribution in [0.25, 0.3) is 0 Å². The van der Waals surface area contributed by atoms with E-state index in [9.17, 15) is 9.59 Å². The molecular weight excluding hydrogens is 688 g/mol. The number of nitrogens with zero attached hydrogens (tertiary/aromatic N) is 3. The molecule has 2 amide bonds. The first-order valence-corrected chi connectivity index (χ1v) is 18.7. The predicted molar refractivity (Wildman–Crippen MR) is 211 cm³/mol. The van der Waals surface area contributed by atoms with Crippen molar-refractivity contribution < 1.29 is 28.5 Å². The fraction of sp³-hybridized carbons (Fsp3) is 0.425. The molecule has 0 unspecified atom stereocenters. The summed E-state index contributed by atoms with van der Waals surface area (Å²) in [7, 11) is 0. The average molecular weight is 743 g/mol. The van der Waals surface area contributed by atoms with Gasteiger partial charge in [-0.15, -0.1) is 0 Å². The largest absolute Gasteiger partial charge is 0.379 e. The van der Waals surface area contributed by atoms with Gasteiger partial charge in [0.25, 0.3) is 11.8 Å². The number of unbranched alkanes of at least 4 members (excludes halogenated alkanes) is 1. The lowest BCUT2D eigenvalue weighted by Crippen LogP contribution is -2.27. The number of aryl methyl sites for hydroxylation is 1. The Hall–Kier alpha value is -5.15. The van der Waals surface area contributed by atoms with Gasteiger partial charge >= 0.3 is 0 Å². The number of carbonyl (C=O) groups excluding carboxylic acids is 2. The number of benzene rings is 3. The van der Waals surface area contributed by atoms with Gasteiger partial charge in [0.1, 0.15) is 0 Å². The second-order valence-corrected chi connectivity index (χ2v) is 12.1. The molecule has 3 aromatic carbocycles. The monoisotopic (exact) mass is 742 g/mol. The third kappa shape index (κ3) is 17.1. The first-order valence-electron chi connectivity index (χ1n) is 18.7. The first-order chi connectivity index (χ1) is 26.6. The molecule has 1 aromatic heterocycles. The molecule has 0 spiro atoms. The van der Waals surface area contributed by atoms with Gasteiger partial charge < -0.3 is 45.5 Å². The van der Waals surface area contributed by atoms with E-state index in [0.29, 0.717) is 101 Å². The Morgan fingerprint density at radius 3 is 1.61 bits per heavy atom. The van der Waals surface area contributed by atoms with E-state index >= 15 is 0 Å². The van der Waals surface area contributed by atoms with Gasteiger partial charge in [0.2, 0.25) is 17.8 Å². The summed E-state index contributed by atoms with van der Waals surface area (Å²) in [6, 6.07) is 26.6. The van der Waals surface area contributed by atoms with Crippen LogP contribution in [-0.2, 0) is 25.4 Å². The van der Waals surface area contributed by atoms with Gasteiger partial charge in [-0.3, -0.25) is 9.59 Å². The third-order valence-corrected chi connectivity index (χ3v) is 7.78. The minimum absolute atomic E-state index is 0.126. The molecule has 0 aliphatic heterocycles. The molecule has 4 aromatic rings. The van der Waals surface area contributed by atoms with E-state index in [2.05, 4.69) is 72.7 Å². The zero-order valence-electron chi connectivity index (χ0n) is 31.2. The van der Waals surface area contributed by atoms with Crippen molar-refractivity contribution in [3.05, 3.63) is 102 Å². The molecule has 14 nitrogen and oxygen atoms in total. The molecule has 0 aliphatic carbocycles. The van der Waals surface area contributed by atoms with E-state index in [1.54, 1.807) is 36.4 Å². The van der Waals surface area contributed by atoms with Crippen LogP contribution >= 0.6 is 0 Å². The highest BCUT2D eigenvalue weighted by Crippen LogP contribution is 2.17. The minimum atomic E-state index is -0.182. The number of nitrogens with one attached hydrogen (secondary N) is 5. The van der Waals surface area contributed by atoms with Crippen LogP contribution in [0.3, 0.4) is 0 Å². The number of amides is 2. The number of rotatable bonds is 28. The molecule has 0 fully saturated rings. The van der Waals surface area contributed by atoms with E-state index in [1.165, 1.54) is 5.56 Å². The Balaban J connectivity index is 1.19. The number of hydrogen-bond donors (Lipinski definition) is 5. The fourth-order valence-electron chi connectivity index (χ4n) is 5.01. The molecule has 0 aliphatic rings. The molecule has 0 bridgehead atoms. The van der Waals surface area contributed by atoms with Crippen molar-refractivity contribution in [1.82, 2.24) is 25.6 Å². The smallest absolute Gasteiger partial charge is 0.251 e. The van der Waals surface area contributed by atoms with E-state index in [4.69, 9.17) is 18.9 Å². The molecule has 54 heavy (non-hydrogen) atoms. The standard InChI is InChI=1S/C40H54N8O6/c1-2-24-51-28-29-52-26-22-42-37(50)34-16-18-35(19-17-34)45-40-47-38(43-20-10-9-13-32-11-5-3-6-12-32)46-39(48-40)44-23-27-54-31-30-53-25-21-41-36(49)33-14-7-4-8-15-33/h3-8,11-12,14-19H,2,9-10,13,20-31H2,1H3,(H,41,49)(H,42,50)(H3,43,44,45,46,47,48). The van der Waals surface area contributed by atoms with Crippen LogP contribution in [0.5, 0.6) is 0 Å². The van der Waals surface area contributed by atoms with Gasteiger partial charge in [-0.2, -0.15) is 15.0 Å². The maximum Gasteiger partial charge on any atom is 0.251 e. The highest BCUT2D eigenvalue weighted by atomic mass is 16.5. The number of ether oxygens (including phenoxy) is 4. The summed E-state index contributed by atoms with van der Waals surface area (Å²) in [5.41, 5.74) is 3.19. The van der Waals surface area contributed by atoms with Crippen LogP contribution in [0, 0.1) is 0 Å². The van der Waals surface area contributed by atoms with Gasteiger partial charge in [0.05, 0.1) is 46.2 Å². The lowest BCUT2D eigenvalue weighted by Gasteiger charge is -2.12. The molecular formula is C40H54N8O6. The van der Waals surface area contributed by atoms with E-state index in [-0.39, 0.29) is 11.8 Å². The SMILES string of the molecule is CCCOCCOCCNC(=O)c1ccc(Nc2nc(NCCCCc3ccccc3)nc(NCCOCCOCCNC(=O)c3ccccc3)n2)cc1. The molecule has 4 rings (SSSR count). The second kappa shape index (κ2) is 25.8. The van der Waals surface area contributed by atoms with Gasteiger partial charge in [-0.25, -0.2) is 0 Å². The fourth-order valence-corrected chi connectivity index (χ4v) is 5.01. The van der Waals surface area contributed by atoms with Crippen molar-refractivity contribution in [3.8, 4) is 0 Å². The zero-order chi connectivity index (χ0) is 37.9. The van der Waals surface area contributed by atoms with Crippen molar-refractivity contribution >= 4 is 35.3 Å². The normalized spacial score (nSPS) is 10.8. The van der Waals surface area contributed by atoms with Crippen molar-refractivity contribution in [3.63, 3.8) is 0 Å². The molecule has 1 heterocycles. The average Bonchev–Trinajstić information content (AvgIpc) is 3.20. The Morgan fingerprint density at radius 1 is 0.519 bits per heavy atom. The van der Waals surface area contributed by atoms with Crippen molar-refractivity contribution in [1.29, 1.82) is 0 Å². The zero-order valence-corrected chi connectivity index (χ0v) is 31.2. The first kappa shape index (κ1) is 41.6. The Morgan fingerprint density at radius 2 is 1.02 bits per heavy atom. The third-order valence-electron chi connectivity index (χ3n) is 7.78. The summed E-state index contributed by atoms with van der Waals surface area (Å²) in [6.45, 7) is 7.86. The summed E-state index contributed by atoms with van der Waals surface area (Å²) in [5, 5.41) is 15.5. The number of aromatic nitrogens is 3. The summed E-state index contributed by atoms with van der Waals surface area (Å²) < 4.78 is 22.2. The maximum atomic E-state index is 12.6. The van der Waals surface area contributed by atoms with Gasteiger partial charge in [-0.05, 0) is 67.6 Å². The highest BCUT2D eigenvalue weighted by molar-refractivity contribution is 5.94. The molecule has 0 atom stereocenters. The number of hydrogen-bond acceptors (Lipinski definition) is 12. The van der Waals surface area contributed by atoms with Gasteiger partial charge in [0, 0.05) is 49.6 Å². The molecule has 0 saturated carbocycles. The van der Waals surface area contributed by atoms with Crippen molar-refractivity contribution in [2.75, 3.05) is 95.0 Å². The Labute approximate surface area is 318 Å². The predicted octanol–water partition coefficient (Wildman–Crippen LogP) is 5.10. The van der Waals surface area contributed by atoms with Crippen LogP contribution in [0.4, 0.5) is 23.5 Å². The van der Waals surface area contributed by atoms with E-state index < -0.39 is 0 Å². The van der Waals surface area contributed by atoms with Crippen LogP contribution in [0.2, 0.25) is 0 Å². The minimum Gasteiger partial charge on any atom is -0.379 e. The van der Waals surface area contributed by atoms with E-state index in [1.807, 2.05) is 24.3 Å². The number of carbonyl (C=O) groups is 2. The van der Waals surface area contributed by atoms with Crippen LogP contribution < -0.4 is 26.6 Å². The number of anilines is 4. The molecule has 290 valence electrons. The second-order valence-electron chi connectivity index (χ2n) is 12.1. The molecule has 5 N–H and O–H groups in total. The van der Waals surface area contributed by atoms with Crippen LogP contribution in [0.1, 0.15) is 52.5 Å². The molecule has 0 radical (unpaired) electrons. The Kier molecular flexibility index (Phi) is 19.8. The van der Waals surface area contributed by atoms with Crippen molar-refractivity contribution in [2.24, 2.45) is 0 Å². The Bertz CT molecular complexity index is 1620. The molecule has 0 saturated heterocycles. The van der Waals surface area contributed by atoms with Crippen molar-refractivity contribution in [2.45, 2.75) is 32.6 Å². The lowest BCUT2D eigenvalue weighted by atomic mass is 10.1.